The van der Waals surface area contributed by atoms with Gasteiger partial charge >= 0.3 is 0 Å². The Morgan fingerprint density at radius 3 is 2.40 bits per heavy atom. The van der Waals surface area contributed by atoms with Gasteiger partial charge < -0.3 is 10.5 Å². The molecule has 0 heterocycles. The largest absolute Gasteiger partial charge is 0.493 e. The fourth-order valence-electron chi connectivity index (χ4n) is 1.51. The van der Waals surface area contributed by atoms with Crippen LogP contribution in [0.3, 0.4) is 0 Å². The van der Waals surface area contributed by atoms with Gasteiger partial charge in [0.05, 0.1) is 6.61 Å². The molecule has 0 aromatic heterocycles. The summed E-state index contributed by atoms with van der Waals surface area (Å²) in [5.74, 6) is 1.57. The number of benzene rings is 1. The maximum atomic E-state index is 5.78. The first-order valence-corrected chi connectivity index (χ1v) is 5.54. The molecule has 0 amide bonds. The number of hydrogen-bond acceptors (Lipinski definition) is 2. The van der Waals surface area contributed by atoms with Crippen LogP contribution >= 0.6 is 0 Å². The molecule has 2 N–H and O–H groups in total. The zero-order valence-corrected chi connectivity index (χ0v) is 9.92. The lowest BCUT2D eigenvalue weighted by molar-refractivity contribution is 0.282. The Kier molecular flexibility index (Phi) is 4.63. The summed E-state index contributed by atoms with van der Waals surface area (Å²) in [7, 11) is 0. The normalized spacial score (nSPS) is 12.5. The molecule has 0 bridgehead atoms. The Bertz CT molecular complexity index is 289. The molecule has 0 saturated carbocycles. The number of hydrogen-bond donors (Lipinski definition) is 1. The predicted molar refractivity (Wildman–Crippen MR) is 64.2 cm³/mol. The average molecular weight is 207 g/mol. The van der Waals surface area contributed by atoms with Crippen LogP contribution in [-0.2, 0) is 0 Å². The minimum absolute atomic E-state index is 0.536. The van der Waals surface area contributed by atoms with Crippen molar-refractivity contribution in [1.82, 2.24) is 0 Å². The number of aryl methyl sites for hydroxylation is 2. The quantitative estimate of drug-likeness (QED) is 0.805. The molecule has 1 aromatic carbocycles. The molecule has 0 radical (unpaired) electrons. The summed E-state index contributed by atoms with van der Waals surface area (Å²) in [6.07, 6.45) is 1.02. The molecule has 0 fully saturated rings. The maximum absolute atomic E-state index is 5.78. The topological polar surface area (TPSA) is 35.2 Å². The van der Waals surface area contributed by atoms with Gasteiger partial charge in [-0.3, -0.25) is 0 Å². The third-order valence-electron chi connectivity index (χ3n) is 2.67. The molecule has 1 aromatic rings. The smallest absolute Gasteiger partial charge is 0.125 e. The molecule has 0 spiro atoms. The molecule has 0 aliphatic carbocycles. The number of rotatable bonds is 5. The number of ether oxygens (including phenoxy) is 1. The van der Waals surface area contributed by atoms with Gasteiger partial charge in [0.15, 0.2) is 0 Å². The van der Waals surface area contributed by atoms with Crippen molar-refractivity contribution in [1.29, 1.82) is 0 Å². The zero-order chi connectivity index (χ0) is 11.3. The molecule has 0 saturated heterocycles. The van der Waals surface area contributed by atoms with Crippen LogP contribution in [0.25, 0.3) is 0 Å². The molecule has 2 nitrogen and oxygen atoms in total. The van der Waals surface area contributed by atoms with Crippen LogP contribution in [0.1, 0.15) is 24.5 Å². The van der Waals surface area contributed by atoms with Gasteiger partial charge in [-0.2, -0.15) is 0 Å². The Morgan fingerprint density at radius 1 is 1.27 bits per heavy atom. The van der Waals surface area contributed by atoms with Gasteiger partial charge in [-0.05, 0) is 43.9 Å². The predicted octanol–water partition coefficient (Wildman–Crippen LogP) is 2.67. The third-order valence-corrected chi connectivity index (χ3v) is 2.67. The van der Waals surface area contributed by atoms with Gasteiger partial charge in [-0.15, -0.1) is 0 Å². The van der Waals surface area contributed by atoms with Crippen LogP contribution in [0.4, 0.5) is 0 Å². The number of para-hydroxylation sites is 1. The first-order chi connectivity index (χ1) is 7.15. The van der Waals surface area contributed by atoms with Crippen molar-refractivity contribution in [2.45, 2.75) is 27.2 Å². The molecule has 84 valence electrons. The summed E-state index contributed by atoms with van der Waals surface area (Å²) < 4.78 is 5.78. The minimum Gasteiger partial charge on any atom is -0.493 e. The van der Waals surface area contributed by atoms with E-state index in [0.29, 0.717) is 5.92 Å². The molecule has 1 unspecified atom stereocenters. The lowest BCUT2D eigenvalue weighted by atomic mass is 10.1. The van der Waals surface area contributed by atoms with Gasteiger partial charge in [0.2, 0.25) is 0 Å². The average Bonchev–Trinajstić information content (AvgIpc) is 2.22. The van der Waals surface area contributed by atoms with Crippen molar-refractivity contribution in [2.24, 2.45) is 11.7 Å². The fourth-order valence-corrected chi connectivity index (χ4v) is 1.51. The summed E-state index contributed by atoms with van der Waals surface area (Å²) in [5, 5.41) is 0. The molecule has 15 heavy (non-hydrogen) atoms. The van der Waals surface area contributed by atoms with Crippen LogP contribution in [-0.4, -0.2) is 13.2 Å². The first-order valence-electron chi connectivity index (χ1n) is 5.54. The second-order valence-corrected chi connectivity index (χ2v) is 4.20. The minimum atomic E-state index is 0.536. The van der Waals surface area contributed by atoms with Crippen LogP contribution < -0.4 is 10.5 Å². The van der Waals surface area contributed by atoms with Gasteiger partial charge in [-0.1, -0.05) is 25.1 Å². The molecule has 0 aliphatic rings. The van der Waals surface area contributed by atoms with Crippen molar-refractivity contribution in [2.75, 3.05) is 13.2 Å². The van der Waals surface area contributed by atoms with E-state index < -0.39 is 0 Å². The Labute approximate surface area is 92.4 Å². The molecule has 0 aliphatic heterocycles. The van der Waals surface area contributed by atoms with Gasteiger partial charge in [-0.25, -0.2) is 0 Å². The van der Waals surface area contributed by atoms with E-state index in [2.05, 4.69) is 39.0 Å². The van der Waals surface area contributed by atoms with Crippen LogP contribution in [0.2, 0.25) is 0 Å². The zero-order valence-electron chi connectivity index (χ0n) is 9.92. The van der Waals surface area contributed by atoms with E-state index in [0.717, 1.165) is 25.3 Å². The second-order valence-electron chi connectivity index (χ2n) is 4.20. The monoisotopic (exact) mass is 207 g/mol. The van der Waals surface area contributed by atoms with E-state index in [1.165, 1.54) is 11.1 Å². The van der Waals surface area contributed by atoms with Crippen molar-refractivity contribution >= 4 is 0 Å². The molecular formula is C13H21NO. The van der Waals surface area contributed by atoms with E-state index >= 15 is 0 Å². The van der Waals surface area contributed by atoms with Gasteiger partial charge in [0.1, 0.15) is 5.75 Å². The van der Waals surface area contributed by atoms with Crippen molar-refractivity contribution < 1.29 is 4.74 Å². The Morgan fingerprint density at radius 2 is 1.87 bits per heavy atom. The van der Waals surface area contributed by atoms with Crippen LogP contribution in [0.15, 0.2) is 18.2 Å². The maximum Gasteiger partial charge on any atom is 0.125 e. The highest BCUT2D eigenvalue weighted by Gasteiger charge is 2.04. The van der Waals surface area contributed by atoms with E-state index in [9.17, 15) is 0 Å². The fraction of sp³-hybridized carbons (Fsp3) is 0.538. The van der Waals surface area contributed by atoms with E-state index in [4.69, 9.17) is 10.5 Å². The standard InChI is InChI=1S/C13H21NO/c1-10(9-14)7-8-15-13-11(2)5-4-6-12(13)3/h4-6,10H,7-9,14H2,1-3H3. The SMILES string of the molecule is Cc1cccc(C)c1OCCC(C)CN. The van der Waals surface area contributed by atoms with Crippen LogP contribution in [0, 0.1) is 19.8 Å². The van der Waals surface area contributed by atoms with E-state index in [-0.39, 0.29) is 0 Å². The summed E-state index contributed by atoms with van der Waals surface area (Å²) in [6.45, 7) is 7.79. The van der Waals surface area contributed by atoms with Crippen molar-refractivity contribution in [3.05, 3.63) is 29.3 Å². The van der Waals surface area contributed by atoms with E-state index in [1.807, 2.05) is 0 Å². The molecule has 1 rings (SSSR count). The highest BCUT2D eigenvalue weighted by Crippen LogP contribution is 2.22. The second kappa shape index (κ2) is 5.76. The van der Waals surface area contributed by atoms with Crippen molar-refractivity contribution in [3.8, 4) is 5.75 Å². The Balaban J connectivity index is 2.50. The van der Waals surface area contributed by atoms with E-state index in [1.54, 1.807) is 0 Å². The lowest BCUT2D eigenvalue weighted by Crippen LogP contribution is -2.14. The first kappa shape index (κ1) is 12.1. The van der Waals surface area contributed by atoms with Gasteiger partial charge in [0.25, 0.3) is 0 Å². The third kappa shape index (κ3) is 3.56. The van der Waals surface area contributed by atoms with Gasteiger partial charge in [0, 0.05) is 0 Å². The highest BCUT2D eigenvalue weighted by atomic mass is 16.5. The molecular weight excluding hydrogens is 186 g/mol. The Hall–Kier alpha value is -1.02. The summed E-state index contributed by atoms with van der Waals surface area (Å²) in [6, 6.07) is 6.21. The summed E-state index contributed by atoms with van der Waals surface area (Å²) in [4.78, 5) is 0. The lowest BCUT2D eigenvalue weighted by Gasteiger charge is -2.13. The molecule has 2 heteroatoms. The highest BCUT2D eigenvalue weighted by molar-refractivity contribution is 5.39. The summed E-state index contributed by atoms with van der Waals surface area (Å²) in [5.41, 5.74) is 7.96. The number of nitrogens with two attached hydrogens (primary N) is 1. The molecule has 1 atom stereocenters. The van der Waals surface area contributed by atoms with Crippen molar-refractivity contribution in [3.63, 3.8) is 0 Å². The van der Waals surface area contributed by atoms with Crippen LogP contribution in [0.5, 0.6) is 5.75 Å². The summed E-state index contributed by atoms with van der Waals surface area (Å²) >= 11 is 0.